The largest absolute Gasteiger partial charge is 0.392 e. The molecule has 0 aliphatic carbocycles. The van der Waals surface area contributed by atoms with Crippen LogP contribution in [0.1, 0.15) is 12.5 Å². The van der Waals surface area contributed by atoms with Crippen molar-refractivity contribution in [3.05, 3.63) is 41.3 Å². The first-order valence-electron chi connectivity index (χ1n) is 6.89. The summed E-state index contributed by atoms with van der Waals surface area (Å²) in [7, 11) is 0. The highest BCUT2D eigenvalue weighted by atomic mass is 32.1. The molecule has 1 unspecified atom stereocenters. The van der Waals surface area contributed by atoms with Gasteiger partial charge in [-0.15, -0.1) is 11.3 Å². The van der Waals surface area contributed by atoms with Gasteiger partial charge >= 0.3 is 11.8 Å². The van der Waals surface area contributed by atoms with Crippen molar-refractivity contribution in [2.45, 2.75) is 20.0 Å². The molecule has 116 valence electrons. The molecule has 3 N–H and O–H groups in total. The Labute approximate surface area is 133 Å². The quantitative estimate of drug-likeness (QED) is 0.756. The minimum atomic E-state index is -0.765. The average molecular weight is 318 g/mol. The second-order valence-corrected chi connectivity index (χ2v) is 5.94. The van der Waals surface area contributed by atoms with Crippen LogP contribution in [0.5, 0.6) is 0 Å². The SMILES string of the molecule is Cc1ccsc1-c1cccc(NC(=O)C(=O)NCC(C)O)c1. The predicted molar refractivity (Wildman–Crippen MR) is 87.8 cm³/mol. The first kappa shape index (κ1) is 16.2. The van der Waals surface area contributed by atoms with Crippen molar-refractivity contribution in [2.75, 3.05) is 11.9 Å². The zero-order chi connectivity index (χ0) is 16.1. The zero-order valence-corrected chi connectivity index (χ0v) is 13.2. The van der Waals surface area contributed by atoms with Gasteiger partial charge in [0, 0.05) is 17.1 Å². The van der Waals surface area contributed by atoms with Gasteiger partial charge < -0.3 is 15.7 Å². The Kier molecular flexibility index (Phi) is 5.30. The van der Waals surface area contributed by atoms with Crippen molar-refractivity contribution in [3.63, 3.8) is 0 Å². The van der Waals surface area contributed by atoms with Gasteiger partial charge in [0.2, 0.25) is 0 Å². The molecule has 5 nitrogen and oxygen atoms in total. The Morgan fingerprint density at radius 2 is 2.05 bits per heavy atom. The van der Waals surface area contributed by atoms with E-state index in [1.165, 1.54) is 12.5 Å². The van der Waals surface area contributed by atoms with Crippen LogP contribution in [-0.2, 0) is 9.59 Å². The van der Waals surface area contributed by atoms with E-state index in [0.717, 1.165) is 10.4 Å². The van der Waals surface area contributed by atoms with E-state index in [-0.39, 0.29) is 6.54 Å². The molecule has 2 aromatic rings. The molecule has 1 aromatic carbocycles. The molecule has 1 aromatic heterocycles. The van der Waals surface area contributed by atoms with Crippen molar-refractivity contribution in [1.29, 1.82) is 0 Å². The number of amides is 2. The van der Waals surface area contributed by atoms with Gasteiger partial charge in [0.1, 0.15) is 0 Å². The van der Waals surface area contributed by atoms with Crippen LogP contribution in [0.15, 0.2) is 35.7 Å². The molecule has 1 atom stereocenters. The molecule has 0 aliphatic rings. The summed E-state index contributed by atoms with van der Waals surface area (Å²) >= 11 is 1.63. The normalized spacial score (nSPS) is 11.8. The molecule has 2 rings (SSSR count). The number of aliphatic hydroxyl groups is 1. The lowest BCUT2D eigenvalue weighted by Gasteiger charge is -2.09. The number of thiophene rings is 1. The van der Waals surface area contributed by atoms with Crippen LogP contribution in [0.4, 0.5) is 5.69 Å². The lowest BCUT2D eigenvalue weighted by atomic mass is 10.1. The Balaban J connectivity index is 2.06. The third-order valence-corrected chi connectivity index (χ3v) is 4.07. The summed E-state index contributed by atoms with van der Waals surface area (Å²) in [6, 6.07) is 9.39. The van der Waals surface area contributed by atoms with Crippen LogP contribution in [0.2, 0.25) is 0 Å². The third kappa shape index (κ3) is 4.16. The lowest BCUT2D eigenvalue weighted by Crippen LogP contribution is -2.38. The summed E-state index contributed by atoms with van der Waals surface area (Å²) in [6.45, 7) is 3.60. The Bertz CT molecular complexity index is 680. The summed E-state index contributed by atoms with van der Waals surface area (Å²) in [5.41, 5.74) is 2.72. The van der Waals surface area contributed by atoms with Gasteiger partial charge in [0.05, 0.1) is 6.10 Å². The van der Waals surface area contributed by atoms with E-state index in [4.69, 9.17) is 5.11 Å². The van der Waals surface area contributed by atoms with Crippen LogP contribution >= 0.6 is 11.3 Å². The molecule has 6 heteroatoms. The second-order valence-electron chi connectivity index (χ2n) is 5.03. The van der Waals surface area contributed by atoms with Crippen molar-refractivity contribution < 1.29 is 14.7 Å². The number of hydrogen-bond acceptors (Lipinski definition) is 4. The Hall–Kier alpha value is -2.18. The Morgan fingerprint density at radius 1 is 1.27 bits per heavy atom. The van der Waals surface area contributed by atoms with Gasteiger partial charge in [-0.2, -0.15) is 0 Å². The van der Waals surface area contributed by atoms with Crippen LogP contribution in [0.3, 0.4) is 0 Å². The standard InChI is InChI=1S/C16H18N2O3S/c1-10-6-7-22-14(10)12-4-3-5-13(8-12)18-16(21)15(20)17-9-11(2)19/h3-8,11,19H,9H2,1-2H3,(H,17,20)(H,18,21). The van der Waals surface area contributed by atoms with E-state index >= 15 is 0 Å². The molecule has 0 aliphatic heterocycles. The molecule has 0 saturated heterocycles. The van der Waals surface area contributed by atoms with Gasteiger partial charge in [0.25, 0.3) is 0 Å². The molecular weight excluding hydrogens is 300 g/mol. The topological polar surface area (TPSA) is 78.4 Å². The number of benzene rings is 1. The molecule has 0 fully saturated rings. The van der Waals surface area contributed by atoms with E-state index < -0.39 is 17.9 Å². The zero-order valence-electron chi connectivity index (χ0n) is 12.4. The van der Waals surface area contributed by atoms with Crippen molar-refractivity contribution in [2.24, 2.45) is 0 Å². The third-order valence-electron chi connectivity index (χ3n) is 3.01. The minimum absolute atomic E-state index is 0.0423. The highest BCUT2D eigenvalue weighted by Gasteiger charge is 2.14. The van der Waals surface area contributed by atoms with Crippen LogP contribution < -0.4 is 10.6 Å². The van der Waals surface area contributed by atoms with E-state index in [1.807, 2.05) is 36.6 Å². The second kappa shape index (κ2) is 7.20. The van der Waals surface area contributed by atoms with Gasteiger partial charge in [-0.05, 0) is 48.6 Å². The summed E-state index contributed by atoms with van der Waals surface area (Å²) in [5, 5.41) is 16.0. The summed E-state index contributed by atoms with van der Waals surface area (Å²) in [6.07, 6.45) is -0.693. The number of aryl methyl sites for hydroxylation is 1. The van der Waals surface area contributed by atoms with Crippen molar-refractivity contribution >= 4 is 28.8 Å². The van der Waals surface area contributed by atoms with E-state index in [1.54, 1.807) is 17.4 Å². The number of aliphatic hydroxyl groups excluding tert-OH is 1. The van der Waals surface area contributed by atoms with Gasteiger partial charge in [-0.3, -0.25) is 9.59 Å². The molecular formula is C16H18N2O3S. The number of rotatable bonds is 4. The highest BCUT2D eigenvalue weighted by molar-refractivity contribution is 7.13. The summed E-state index contributed by atoms with van der Waals surface area (Å²) in [4.78, 5) is 24.5. The fraction of sp³-hybridized carbons (Fsp3) is 0.250. The molecule has 1 heterocycles. The number of carbonyl (C=O) groups is 2. The van der Waals surface area contributed by atoms with Gasteiger partial charge in [-0.1, -0.05) is 12.1 Å². The highest BCUT2D eigenvalue weighted by Crippen LogP contribution is 2.30. The molecule has 22 heavy (non-hydrogen) atoms. The number of hydrogen-bond donors (Lipinski definition) is 3. The molecule has 2 amide bonds. The lowest BCUT2D eigenvalue weighted by molar-refractivity contribution is -0.136. The first-order chi connectivity index (χ1) is 10.5. The molecule has 0 bridgehead atoms. The monoisotopic (exact) mass is 318 g/mol. The fourth-order valence-electron chi connectivity index (χ4n) is 1.92. The molecule has 0 spiro atoms. The van der Waals surface area contributed by atoms with Crippen LogP contribution in [-0.4, -0.2) is 29.6 Å². The van der Waals surface area contributed by atoms with E-state index in [2.05, 4.69) is 10.6 Å². The fourth-order valence-corrected chi connectivity index (χ4v) is 2.84. The Morgan fingerprint density at radius 3 is 2.68 bits per heavy atom. The number of carbonyl (C=O) groups excluding carboxylic acids is 2. The smallest absolute Gasteiger partial charge is 0.313 e. The number of nitrogens with one attached hydrogen (secondary N) is 2. The summed E-state index contributed by atoms with van der Waals surface area (Å²) < 4.78 is 0. The molecule has 0 saturated carbocycles. The summed E-state index contributed by atoms with van der Waals surface area (Å²) in [5.74, 6) is -1.51. The van der Waals surface area contributed by atoms with Crippen LogP contribution in [0.25, 0.3) is 10.4 Å². The van der Waals surface area contributed by atoms with Crippen molar-refractivity contribution in [3.8, 4) is 10.4 Å². The maximum absolute atomic E-state index is 11.8. The predicted octanol–water partition coefficient (Wildman–Crippen LogP) is 2.16. The van der Waals surface area contributed by atoms with E-state index in [0.29, 0.717) is 5.69 Å². The maximum Gasteiger partial charge on any atom is 0.313 e. The van der Waals surface area contributed by atoms with E-state index in [9.17, 15) is 9.59 Å². The van der Waals surface area contributed by atoms with Gasteiger partial charge in [-0.25, -0.2) is 0 Å². The molecule has 0 radical (unpaired) electrons. The van der Waals surface area contributed by atoms with Crippen LogP contribution in [0, 0.1) is 6.92 Å². The number of anilines is 1. The maximum atomic E-state index is 11.8. The minimum Gasteiger partial charge on any atom is -0.392 e. The van der Waals surface area contributed by atoms with Gasteiger partial charge in [0.15, 0.2) is 0 Å². The van der Waals surface area contributed by atoms with Crippen molar-refractivity contribution in [1.82, 2.24) is 5.32 Å². The average Bonchev–Trinajstić information content (AvgIpc) is 2.91. The first-order valence-corrected chi connectivity index (χ1v) is 7.77.